The fourth-order valence-electron chi connectivity index (χ4n) is 3.46. The van der Waals surface area contributed by atoms with Crippen molar-refractivity contribution in [3.8, 4) is 0 Å². The maximum absolute atomic E-state index is 12.2. The number of amides is 2. The van der Waals surface area contributed by atoms with Crippen molar-refractivity contribution < 1.29 is 14.7 Å². The van der Waals surface area contributed by atoms with E-state index in [9.17, 15) is 14.7 Å². The zero-order valence-electron chi connectivity index (χ0n) is 11.4. The summed E-state index contributed by atoms with van der Waals surface area (Å²) in [4.78, 5) is 25.4. The van der Waals surface area contributed by atoms with Crippen molar-refractivity contribution in [1.29, 1.82) is 0 Å². The predicted octanol–water partition coefficient (Wildman–Crippen LogP) is 1.14. The summed E-state index contributed by atoms with van der Waals surface area (Å²) in [5, 5.41) is 16.3. The van der Waals surface area contributed by atoms with Crippen LogP contribution in [0.5, 0.6) is 0 Å². The number of aryl methyl sites for hydroxylation is 1. The Balaban J connectivity index is 1.70. The number of anilines is 1. The number of carbonyl (C=O) groups excluding carboxylic acids is 1. The summed E-state index contributed by atoms with van der Waals surface area (Å²) in [7, 11) is 1.77. The van der Waals surface area contributed by atoms with E-state index in [1.807, 2.05) is 0 Å². The predicted molar refractivity (Wildman–Crippen MR) is 71.2 cm³/mol. The molecule has 0 bridgehead atoms. The van der Waals surface area contributed by atoms with Crippen LogP contribution in [0.25, 0.3) is 0 Å². The summed E-state index contributed by atoms with van der Waals surface area (Å²) in [6, 6.07) is 1.45. The SMILES string of the molecule is Cn1ccc(NC(=O)N2C[C@@H]3CCC[C@@]3(C(=O)O)C2)n1. The number of hydrogen-bond acceptors (Lipinski definition) is 3. The first-order valence-electron chi connectivity index (χ1n) is 6.80. The highest BCUT2D eigenvalue weighted by Crippen LogP contribution is 2.48. The lowest BCUT2D eigenvalue weighted by Gasteiger charge is -2.23. The van der Waals surface area contributed by atoms with Gasteiger partial charge in [0, 0.05) is 32.4 Å². The van der Waals surface area contributed by atoms with Gasteiger partial charge in [-0.2, -0.15) is 5.10 Å². The molecule has 1 aromatic heterocycles. The molecule has 2 N–H and O–H groups in total. The number of hydrogen-bond donors (Lipinski definition) is 2. The molecule has 2 fully saturated rings. The van der Waals surface area contributed by atoms with Crippen LogP contribution in [0.4, 0.5) is 10.6 Å². The maximum Gasteiger partial charge on any atom is 0.323 e. The minimum absolute atomic E-state index is 0.0782. The fourth-order valence-corrected chi connectivity index (χ4v) is 3.46. The van der Waals surface area contributed by atoms with Crippen molar-refractivity contribution in [3.63, 3.8) is 0 Å². The smallest absolute Gasteiger partial charge is 0.323 e. The lowest BCUT2D eigenvalue weighted by atomic mass is 9.81. The van der Waals surface area contributed by atoms with E-state index in [0.29, 0.717) is 25.3 Å². The second-order valence-corrected chi connectivity index (χ2v) is 5.74. The minimum atomic E-state index is -0.770. The molecule has 1 aromatic rings. The molecular weight excluding hydrogens is 260 g/mol. The summed E-state index contributed by atoms with van der Waals surface area (Å²) in [5.74, 6) is -0.207. The highest BCUT2D eigenvalue weighted by Gasteiger charge is 2.55. The third-order valence-corrected chi connectivity index (χ3v) is 4.53. The van der Waals surface area contributed by atoms with Crippen LogP contribution in [0, 0.1) is 11.3 Å². The second kappa shape index (κ2) is 4.50. The number of likely N-dealkylation sites (tertiary alicyclic amines) is 1. The molecule has 7 heteroatoms. The van der Waals surface area contributed by atoms with Crippen LogP contribution in [0.1, 0.15) is 19.3 Å². The van der Waals surface area contributed by atoms with E-state index in [2.05, 4.69) is 10.4 Å². The number of aromatic nitrogens is 2. The molecule has 1 aliphatic heterocycles. The Bertz CT molecular complexity index is 556. The van der Waals surface area contributed by atoms with Crippen LogP contribution in [0.15, 0.2) is 12.3 Å². The molecule has 2 atom stereocenters. The molecule has 1 aliphatic carbocycles. The summed E-state index contributed by atoms with van der Waals surface area (Å²) < 4.78 is 1.60. The number of nitrogens with one attached hydrogen (secondary N) is 1. The molecule has 2 heterocycles. The zero-order valence-corrected chi connectivity index (χ0v) is 11.4. The summed E-state index contributed by atoms with van der Waals surface area (Å²) in [5.41, 5.74) is -0.735. The van der Waals surface area contributed by atoms with Crippen molar-refractivity contribution in [2.45, 2.75) is 19.3 Å². The van der Waals surface area contributed by atoms with Gasteiger partial charge in [-0.3, -0.25) is 14.8 Å². The van der Waals surface area contributed by atoms with E-state index >= 15 is 0 Å². The number of carboxylic acid groups (broad SMARTS) is 1. The van der Waals surface area contributed by atoms with Crippen LogP contribution in [-0.2, 0) is 11.8 Å². The third-order valence-electron chi connectivity index (χ3n) is 4.53. The van der Waals surface area contributed by atoms with Gasteiger partial charge in [0.05, 0.1) is 5.41 Å². The van der Waals surface area contributed by atoms with Gasteiger partial charge in [0.15, 0.2) is 5.82 Å². The first-order valence-corrected chi connectivity index (χ1v) is 6.80. The third kappa shape index (κ3) is 1.93. The number of carboxylic acids is 1. The molecule has 1 saturated carbocycles. The topological polar surface area (TPSA) is 87.5 Å². The monoisotopic (exact) mass is 278 g/mol. The first kappa shape index (κ1) is 13.0. The summed E-state index contributed by atoms with van der Waals surface area (Å²) >= 11 is 0. The number of urea groups is 1. The first-order chi connectivity index (χ1) is 9.51. The Morgan fingerprint density at radius 1 is 1.55 bits per heavy atom. The average molecular weight is 278 g/mol. The molecule has 0 unspecified atom stereocenters. The number of aliphatic carboxylic acids is 1. The van der Waals surface area contributed by atoms with Crippen LogP contribution < -0.4 is 5.32 Å². The summed E-state index contributed by atoms with van der Waals surface area (Å²) in [6.07, 6.45) is 4.24. The summed E-state index contributed by atoms with van der Waals surface area (Å²) in [6.45, 7) is 0.816. The molecular formula is C13H18N4O3. The number of carbonyl (C=O) groups is 2. The second-order valence-electron chi connectivity index (χ2n) is 5.74. The van der Waals surface area contributed by atoms with Gasteiger partial charge in [0.2, 0.25) is 0 Å². The van der Waals surface area contributed by atoms with Gasteiger partial charge in [-0.05, 0) is 18.8 Å². The van der Waals surface area contributed by atoms with E-state index in [-0.39, 0.29) is 11.9 Å². The van der Waals surface area contributed by atoms with Crippen molar-refractivity contribution in [1.82, 2.24) is 14.7 Å². The average Bonchev–Trinajstić information content (AvgIpc) is 3.02. The molecule has 2 amide bonds. The molecule has 2 aliphatic rings. The van der Waals surface area contributed by atoms with Gasteiger partial charge in [-0.1, -0.05) is 6.42 Å². The van der Waals surface area contributed by atoms with Crippen LogP contribution in [0.3, 0.4) is 0 Å². The normalized spacial score (nSPS) is 28.4. The van der Waals surface area contributed by atoms with Gasteiger partial charge >= 0.3 is 12.0 Å². The number of rotatable bonds is 2. The van der Waals surface area contributed by atoms with Gasteiger partial charge in [0.25, 0.3) is 0 Å². The molecule has 0 radical (unpaired) electrons. The molecule has 3 rings (SSSR count). The largest absolute Gasteiger partial charge is 0.481 e. The van der Waals surface area contributed by atoms with Crippen LogP contribution in [0.2, 0.25) is 0 Å². The van der Waals surface area contributed by atoms with Crippen molar-refractivity contribution in [3.05, 3.63) is 12.3 Å². The lowest BCUT2D eigenvalue weighted by Crippen LogP contribution is -2.38. The van der Waals surface area contributed by atoms with Crippen molar-refractivity contribution >= 4 is 17.8 Å². The van der Waals surface area contributed by atoms with E-state index in [1.165, 1.54) is 0 Å². The zero-order chi connectivity index (χ0) is 14.3. The molecule has 108 valence electrons. The van der Waals surface area contributed by atoms with Gasteiger partial charge in [0.1, 0.15) is 0 Å². The van der Waals surface area contributed by atoms with E-state index in [1.54, 1.807) is 28.9 Å². The van der Waals surface area contributed by atoms with E-state index in [4.69, 9.17) is 0 Å². The van der Waals surface area contributed by atoms with Gasteiger partial charge < -0.3 is 10.0 Å². The lowest BCUT2D eigenvalue weighted by molar-refractivity contribution is -0.149. The van der Waals surface area contributed by atoms with E-state index < -0.39 is 11.4 Å². The Kier molecular flexibility index (Phi) is 2.92. The van der Waals surface area contributed by atoms with E-state index in [0.717, 1.165) is 12.8 Å². The molecule has 0 spiro atoms. The number of nitrogens with zero attached hydrogens (tertiary/aromatic N) is 3. The van der Waals surface area contributed by atoms with Crippen molar-refractivity contribution in [2.24, 2.45) is 18.4 Å². The highest BCUT2D eigenvalue weighted by molar-refractivity contribution is 5.89. The standard InChI is InChI=1S/C13H18N4O3/c1-16-6-4-10(15-16)14-12(20)17-7-9-3-2-5-13(9,8-17)11(18)19/h4,6,9H,2-3,5,7-8H2,1H3,(H,18,19)(H,14,15,20)/t9-,13+/m0/s1. The molecule has 20 heavy (non-hydrogen) atoms. The molecule has 7 nitrogen and oxygen atoms in total. The Morgan fingerprint density at radius 2 is 2.35 bits per heavy atom. The Morgan fingerprint density at radius 3 is 2.95 bits per heavy atom. The highest BCUT2D eigenvalue weighted by atomic mass is 16.4. The van der Waals surface area contributed by atoms with Crippen LogP contribution >= 0.6 is 0 Å². The fraction of sp³-hybridized carbons (Fsp3) is 0.615. The van der Waals surface area contributed by atoms with Crippen LogP contribution in [-0.4, -0.2) is 44.9 Å². The quantitative estimate of drug-likeness (QED) is 0.849. The van der Waals surface area contributed by atoms with Gasteiger partial charge in [-0.25, -0.2) is 4.79 Å². The molecule has 1 saturated heterocycles. The number of fused-ring (bicyclic) bond motifs is 1. The van der Waals surface area contributed by atoms with Crippen molar-refractivity contribution in [2.75, 3.05) is 18.4 Å². The molecule has 0 aromatic carbocycles. The minimum Gasteiger partial charge on any atom is -0.481 e. The maximum atomic E-state index is 12.2. The Hall–Kier alpha value is -2.05. The Labute approximate surface area is 116 Å². The van der Waals surface area contributed by atoms with Gasteiger partial charge in [-0.15, -0.1) is 0 Å².